The number of hydrogen-bond donors (Lipinski definition) is 0. The number of aryl methyl sites for hydroxylation is 2. The van der Waals surface area contributed by atoms with Crippen molar-refractivity contribution in [2.75, 3.05) is 7.05 Å². The molecule has 0 fully saturated rings. The van der Waals surface area contributed by atoms with Crippen molar-refractivity contribution in [2.24, 2.45) is 7.05 Å². The number of carbonyl (C=O) groups excluding carboxylic acids is 1. The monoisotopic (exact) mass is 365 g/mol. The van der Waals surface area contributed by atoms with Crippen LogP contribution in [0.4, 0.5) is 0 Å². The third kappa shape index (κ3) is 3.77. The minimum Gasteiger partial charge on any atom is -0.341 e. The first-order valence-corrected chi connectivity index (χ1v) is 9.20. The molecule has 3 aromatic rings. The minimum absolute atomic E-state index is 0.0243. The molecule has 1 atom stereocenters. The Balaban J connectivity index is 1.38. The van der Waals surface area contributed by atoms with Crippen LogP contribution in [0.15, 0.2) is 41.1 Å². The van der Waals surface area contributed by atoms with Crippen LogP contribution in [0, 0.1) is 0 Å². The summed E-state index contributed by atoms with van der Waals surface area (Å²) in [4.78, 5) is 18.7. The highest BCUT2D eigenvalue weighted by Gasteiger charge is 2.27. The first-order chi connectivity index (χ1) is 13.1. The van der Waals surface area contributed by atoms with Crippen LogP contribution in [0.1, 0.15) is 40.9 Å². The molecule has 0 aliphatic heterocycles. The van der Waals surface area contributed by atoms with Crippen LogP contribution in [0.25, 0.3) is 0 Å². The fourth-order valence-corrected chi connectivity index (χ4v) is 3.58. The first-order valence-electron chi connectivity index (χ1n) is 9.20. The number of aromatic nitrogens is 4. The highest BCUT2D eigenvalue weighted by molar-refractivity contribution is 5.77. The summed E-state index contributed by atoms with van der Waals surface area (Å²) in [7, 11) is 3.75. The van der Waals surface area contributed by atoms with E-state index in [0.29, 0.717) is 18.3 Å². The number of amides is 1. The Morgan fingerprint density at radius 1 is 1.33 bits per heavy atom. The van der Waals surface area contributed by atoms with E-state index in [-0.39, 0.29) is 18.2 Å². The van der Waals surface area contributed by atoms with Crippen LogP contribution in [-0.2, 0) is 37.6 Å². The van der Waals surface area contributed by atoms with Crippen molar-refractivity contribution in [3.8, 4) is 0 Å². The summed E-state index contributed by atoms with van der Waals surface area (Å²) in [6.07, 6.45) is 4.85. The van der Waals surface area contributed by atoms with E-state index < -0.39 is 0 Å². The molecule has 0 bridgehead atoms. The molecule has 4 rings (SSSR count). The Morgan fingerprint density at radius 2 is 2.15 bits per heavy atom. The average Bonchev–Trinajstić information content (AvgIpc) is 3.29. The number of benzene rings is 1. The van der Waals surface area contributed by atoms with Crippen LogP contribution in [0.3, 0.4) is 0 Å². The lowest BCUT2D eigenvalue weighted by atomic mass is 9.88. The van der Waals surface area contributed by atoms with Crippen molar-refractivity contribution in [3.05, 3.63) is 65.1 Å². The Morgan fingerprint density at radius 3 is 2.96 bits per heavy atom. The van der Waals surface area contributed by atoms with Crippen LogP contribution >= 0.6 is 0 Å². The van der Waals surface area contributed by atoms with Gasteiger partial charge in [0.1, 0.15) is 0 Å². The maximum absolute atomic E-state index is 12.5. The van der Waals surface area contributed by atoms with Crippen molar-refractivity contribution in [1.82, 2.24) is 24.8 Å². The minimum atomic E-state index is -0.0243. The molecule has 0 saturated heterocycles. The quantitative estimate of drug-likeness (QED) is 0.693. The first kappa shape index (κ1) is 17.5. The smallest absolute Gasteiger partial charge is 0.230 e. The third-order valence-electron chi connectivity index (χ3n) is 5.18. The van der Waals surface area contributed by atoms with Gasteiger partial charge in [0.2, 0.25) is 11.8 Å². The number of fused-ring (bicyclic) bond motifs is 1. The molecule has 0 saturated carbocycles. The number of rotatable bonds is 5. The molecule has 7 nitrogen and oxygen atoms in total. The zero-order valence-corrected chi connectivity index (χ0v) is 15.6. The molecule has 0 N–H and O–H groups in total. The Kier molecular flexibility index (Phi) is 4.75. The zero-order valence-electron chi connectivity index (χ0n) is 15.6. The van der Waals surface area contributed by atoms with Gasteiger partial charge in [-0.3, -0.25) is 9.48 Å². The summed E-state index contributed by atoms with van der Waals surface area (Å²) in [6.45, 7) is 0.566. The second kappa shape index (κ2) is 7.34. The zero-order chi connectivity index (χ0) is 18.8. The lowest BCUT2D eigenvalue weighted by Gasteiger charge is -2.19. The van der Waals surface area contributed by atoms with Gasteiger partial charge in [0.25, 0.3) is 0 Å². The number of carbonyl (C=O) groups is 1. The van der Waals surface area contributed by atoms with Crippen molar-refractivity contribution in [2.45, 2.75) is 38.1 Å². The van der Waals surface area contributed by atoms with Crippen molar-refractivity contribution in [3.63, 3.8) is 0 Å². The highest BCUT2D eigenvalue weighted by Crippen LogP contribution is 2.31. The van der Waals surface area contributed by atoms with E-state index >= 15 is 0 Å². The fraction of sp³-hybridized carbons (Fsp3) is 0.400. The molecule has 0 radical (unpaired) electrons. The predicted octanol–water partition coefficient (Wildman–Crippen LogP) is 2.28. The lowest BCUT2D eigenvalue weighted by Crippen LogP contribution is -2.28. The molecule has 1 amide bonds. The van der Waals surface area contributed by atoms with Gasteiger partial charge in [-0.2, -0.15) is 10.1 Å². The normalized spacial score (nSPS) is 16.1. The largest absolute Gasteiger partial charge is 0.341 e. The van der Waals surface area contributed by atoms with E-state index in [0.717, 1.165) is 24.8 Å². The number of nitrogens with zero attached hydrogens (tertiary/aromatic N) is 5. The summed E-state index contributed by atoms with van der Waals surface area (Å²) in [5.74, 6) is 1.23. The molecule has 7 heteroatoms. The van der Waals surface area contributed by atoms with Gasteiger partial charge in [-0.25, -0.2) is 0 Å². The van der Waals surface area contributed by atoms with E-state index in [2.05, 4.69) is 15.2 Å². The van der Waals surface area contributed by atoms with Gasteiger partial charge in [0.15, 0.2) is 5.82 Å². The van der Waals surface area contributed by atoms with E-state index in [1.165, 1.54) is 11.3 Å². The van der Waals surface area contributed by atoms with Gasteiger partial charge < -0.3 is 9.42 Å². The van der Waals surface area contributed by atoms with Crippen LogP contribution < -0.4 is 0 Å². The van der Waals surface area contributed by atoms with Gasteiger partial charge in [0.05, 0.1) is 12.6 Å². The maximum atomic E-state index is 12.5. The average molecular weight is 365 g/mol. The molecule has 1 aromatic carbocycles. The molecule has 2 heterocycles. The topological polar surface area (TPSA) is 77.0 Å². The summed E-state index contributed by atoms with van der Waals surface area (Å²) in [6, 6.07) is 9.91. The molecule has 1 aliphatic rings. The summed E-state index contributed by atoms with van der Waals surface area (Å²) in [5, 5.41) is 8.36. The van der Waals surface area contributed by atoms with Crippen LogP contribution in [0.2, 0.25) is 0 Å². The molecule has 27 heavy (non-hydrogen) atoms. The van der Waals surface area contributed by atoms with Gasteiger partial charge in [0, 0.05) is 38.7 Å². The maximum Gasteiger partial charge on any atom is 0.230 e. The van der Waals surface area contributed by atoms with Gasteiger partial charge >= 0.3 is 0 Å². The molecule has 0 spiro atoms. The second-order valence-corrected chi connectivity index (χ2v) is 7.14. The fourth-order valence-electron chi connectivity index (χ4n) is 3.58. The van der Waals surface area contributed by atoms with Crippen molar-refractivity contribution in [1.29, 1.82) is 0 Å². The van der Waals surface area contributed by atoms with Crippen molar-refractivity contribution < 1.29 is 9.32 Å². The molecular formula is C20H23N5O2. The molecule has 140 valence electrons. The van der Waals surface area contributed by atoms with E-state index in [1.807, 2.05) is 48.3 Å². The number of hydrogen-bond acceptors (Lipinski definition) is 5. The number of likely N-dealkylation sites (N-methyl/N-ethyl adjacent to an activating group) is 1. The Bertz CT molecular complexity index is 931. The van der Waals surface area contributed by atoms with E-state index in [9.17, 15) is 4.79 Å². The highest BCUT2D eigenvalue weighted by atomic mass is 16.5. The Hall–Kier alpha value is -2.96. The lowest BCUT2D eigenvalue weighted by molar-refractivity contribution is -0.129. The van der Waals surface area contributed by atoms with E-state index in [4.69, 9.17) is 4.52 Å². The summed E-state index contributed by atoms with van der Waals surface area (Å²) < 4.78 is 7.39. The van der Waals surface area contributed by atoms with Gasteiger partial charge in [-0.1, -0.05) is 35.5 Å². The predicted molar refractivity (Wildman–Crippen MR) is 98.9 cm³/mol. The molecular weight excluding hydrogens is 342 g/mol. The van der Waals surface area contributed by atoms with Crippen LogP contribution in [0.5, 0.6) is 0 Å². The summed E-state index contributed by atoms with van der Waals surface area (Å²) >= 11 is 0. The molecule has 2 aromatic heterocycles. The van der Waals surface area contributed by atoms with Gasteiger partial charge in [-0.05, 0) is 24.0 Å². The third-order valence-corrected chi connectivity index (χ3v) is 5.18. The Labute approximate surface area is 158 Å². The summed E-state index contributed by atoms with van der Waals surface area (Å²) in [5.41, 5.74) is 3.62. The second-order valence-electron chi connectivity index (χ2n) is 7.14. The standard InChI is InChI=1S/C20H23N5O2/c1-24(13-14-6-4-3-5-7-14)19(26)11-18-22-20(27-23-18)15-8-9-16-12-21-25(2)17(16)10-15/h3-7,12,15H,8-11,13H2,1-2H3. The van der Waals surface area contributed by atoms with Crippen LogP contribution in [-0.4, -0.2) is 37.8 Å². The molecule has 1 unspecified atom stereocenters. The SMILES string of the molecule is CN(Cc1ccccc1)C(=O)Cc1noc(C2CCc3cnn(C)c3C2)n1. The van der Waals surface area contributed by atoms with Crippen molar-refractivity contribution >= 4 is 5.91 Å². The van der Waals surface area contributed by atoms with Gasteiger partial charge in [-0.15, -0.1) is 0 Å². The molecule has 1 aliphatic carbocycles. The van der Waals surface area contributed by atoms with E-state index in [1.54, 1.807) is 11.9 Å².